The average molecular weight is 398 g/mol. The van der Waals surface area contributed by atoms with Crippen LogP contribution in [0.4, 0.5) is 0 Å². The molecule has 0 radical (unpaired) electrons. The summed E-state index contributed by atoms with van der Waals surface area (Å²) in [6, 6.07) is 0.0971. The van der Waals surface area contributed by atoms with E-state index in [1.54, 1.807) is 0 Å². The molecule has 1 atom stereocenters. The summed E-state index contributed by atoms with van der Waals surface area (Å²) < 4.78 is 0. The van der Waals surface area contributed by atoms with Gasteiger partial charge in [-0.1, -0.05) is 6.92 Å². The first-order valence-corrected chi connectivity index (χ1v) is 10.6. The van der Waals surface area contributed by atoms with Crippen LogP contribution in [-0.2, 0) is 14.4 Å². The Balaban J connectivity index is 0.000000892. The Bertz CT molecular complexity index is 474. The third-order valence-corrected chi connectivity index (χ3v) is 5.83. The van der Waals surface area contributed by atoms with Crippen molar-refractivity contribution in [3.8, 4) is 0 Å². The molecule has 8 heteroatoms. The van der Waals surface area contributed by atoms with Crippen LogP contribution in [0.1, 0.15) is 58.3 Å². The molecule has 0 aromatic heterocycles. The number of hydrogen-bond donors (Lipinski definition) is 4. The maximum atomic E-state index is 12.5. The number of nitrogens with zero attached hydrogens (tertiary/aromatic N) is 1. The summed E-state index contributed by atoms with van der Waals surface area (Å²) in [7, 11) is 3.80. The van der Waals surface area contributed by atoms with Gasteiger partial charge in [-0.25, -0.2) is 0 Å². The topological polar surface area (TPSA) is 117 Å². The fourth-order valence-electron chi connectivity index (χ4n) is 3.56. The standard InChI is InChI=1S/C17H30N4O3.C3H9N/c1-21(14-3-2-4-14)17(24)16(18)12-5-7-13(8-6-12)20-15(23)9-10-19-11-22;1-3-4-2/h11-14,16H,2-10,18H2,1H3,(H,19,22)(H,20,23);4H,3H2,1-2H3/t12?,13?,16-;/m0./s1. The van der Waals surface area contributed by atoms with Gasteiger partial charge in [0, 0.05) is 32.1 Å². The average Bonchev–Trinajstić information content (AvgIpc) is 2.66. The summed E-state index contributed by atoms with van der Waals surface area (Å²) >= 11 is 0. The number of carbonyl (C=O) groups is 3. The van der Waals surface area contributed by atoms with Crippen LogP contribution in [0.25, 0.3) is 0 Å². The summed E-state index contributed by atoms with van der Waals surface area (Å²) in [5.74, 6) is 0.218. The molecule has 2 saturated carbocycles. The molecule has 2 rings (SSSR count). The second-order valence-electron chi connectivity index (χ2n) is 7.77. The highest BCUT2D eigenvalue weighted by molar-refractivity contribution is 5.82. The minimum atomic E-state index is -0.427. The normalized spacial score (nSPS) is 22.7. The molecule has 0 spiro atoms. The molecule has 28 heavy (non-hydrogen) atoms. The first kappa shape index (κ1) is 24.4. The number of carbonyl (C=O) groups excluding carboxylic acids is 3. The van der Waals surface area contributed by atoms with E-state index >= 15 is 0 Å². The lowest BCUT2D eigenvalue weighted by Crippen LogP contribution is -2.52. The monoisotopic (exact) mass is 397 g/mol. The highest BCUT2D eigenvalue weighted by Gasteiger charge is 2.34. The van der Waals surface area contributed by atoms with E-state index in [2.05, 4.69) is 22.9 Å². The zero-order valence-electron chi connectivity index (χ0n) is 17.7. The lowest BCUT2D eigenvalue weighted by molar-refractivity contribution is -0.136. The van der Waals surface area contributed by atoms with Crippen molar-refractivity contribution in [2.75, 3.05) is 27.2 Å². The van der Waals surface area contributed by atoms with Crippen LogP contribution >= 0.6 is 0 Å². The van der Waals surface area contributed by atoms with E-state index in [0.29, 0.717) is 25.4 Å². The molecular formula is C20H39N5O3. The van der Waals surface area contributed by atoms with E-state index in [1.807, 2.05) is 19.0 Å². The molecule has 0 unspecified atom stereocenters. The molecule has 0 aromatic carbocycles. The van der Waals surface area contributed by atoms with E-state index < -0.39 is 6.04 Å². The highest BCUT2D eigenvalue weighted by atomic mass is 16.2. The molecular weight excluding hydrogens is 358 g/mol. The van der Waals surface area contributed by atoms with Crippen molar-refractivity contribution < 1.29 is 14.4 Å². The van der Waals surface area contributed by atoms with Crippen LogP contribution in [0.3, 0.4) is 0 Å². The third-order valence-electron chi connectivity index (χ3n) is 5.83. The predicted molar refractivity (Wildman–Crippen MR) is 111 cm³/mol. The van der Waals surface area contributed by atoms with Gasteiger partial charge >= 0.3 is 0 Å². The van der Waals surface area contributed by atoms with E-state index in [0.717, 1.165) is 45.1 Å². The van der Waals surface area contributed by atoms with Crippen molar-refractivity contribution in [3.05, 3.63) is 0 Å². The molecule has 0 heterocycles. The highest BCUT2D eigenvalue weighted by Crippen LogP contribution is 2.29. The quantitative estimate of drug-likeness (QED) is 0.331. The van der Waals surface area contributed by atoms with Gasteiger partial charge in [0.05, 0.1) is 6.04 Å². The van der Waals surface area contributed by atoms with Crippen LogP contribution in [0.2, 0.25) is 0 Å². The molecule has 0 bridgehead atoms. The van der Waals surface area contributed by atoms with Crippen LogP contribution in [0, 0.1) is 5.92 Å². The molecule has 0 aliphatic heterocycles. The fraction of sp³-hybridized carbons (Fsp3) is 0.850. The number of rotatable bonds is 9. The second-order valence-corrected chi connectivity index (χ2v) is 7.77. The van der Waals surface area contributed by atoms with Crippen molar-refractivity contribution in [2.24, 2.45) is 11.7 Å². The number of likely N-dealkylation sites (N-methyl/N-ethyl adjacent to an activating group) is 1. The number of hydrogen-bond acceptors (Lipinski definition) is 5. The molecule has 2 aliphatic rings. The first-order chi connectivity index (χ1) is 13.4. The van der Waals surface area contributed by atoms with Gasteiger partial charge in [0.15, 0.2) is 0 Å². The summed E-state index contributed by atoms with van der Waals surface area (Å²) in [5.41, 5.74) is 6.22. The Morgan fingerprint density at radius 1 is 1.18 bits per heavy atom. The van der Waals surface area contributed by atoms with Crippen molar-refractivity contribution in [3.63, 3.8) is 0 Å². The lowest BCUT2D eigenvalue weighted by atomic mass is 9.81. The van der Waals surface area contributed by atoms with Gasteiger partial charge in [-0.3, -0.25) is 14.4 Å². The molecule has 2 aliphatic carbocycles. The van der Waals surface area contributed by atoms with Crippen molar-refractivity contribution in [1.82, 2.24) is 20.9 Å². The Hall–Kier alpha value is -1.67. The first-order valence-electron chi connectivity index (χ1n) is 10.6. The van der Waals surface area contributed by atoms with Crippen LogP contribution in [-0.4, -0.2) is 68.4 Å². The molecule has 0 aromatic rings. The molecule has 162 valence electrons. The summed E-state index contributed by atoms with van der Waals surface area (Å²) in [5, 5.41) is 8.41. The summed E-state index contributed by atoms with van der Waals surface area (Å²) in [6.07, 6.45) is 7.70. The van der Waals surface area contributed by atoms with E-state index in [4.69, 9.17) is 5.73 Å². The third kappa shape index (κ3) is 8.14. The summed E-state index contributed by atoms with van der Waals surface area (Å²) in [6.45, 7) is 3.50. The second kappa shape index (κ2) is 13.5. The van der Waals surface area contributed by atoms with Gasteiger partial charge < -0.3 is 26.6 Å². The van der Waals surface area contributed by atoms with Crippen LogP contribution in [0.15, 0.2) is 0 Å². The molecule has 5 N–H and O–H groups in total. The van der Waals surface area contributed by atoms with Gasteiger partial charge in [0.2, 0.25) is 18.2 Å². The van der Waals surface area contributed by atoms with Gasteiger partial charge in [0.25, 0.3) is 0 Å². The minimum Gasteiger partial charge on any atom is -0.358 e. The Labute approximate surface area is 169 Å². The molecule has 0 saturated heterocycles. The number of nitrogens with one attached hydrogen (secondary N) is 3. The van der Waals surface area contributed by atoms with Crippen molar-refractivity contribution in [1.29, 1.82) is 0 Å². The summed E-state index contributed by atoms with van der Waals surface area (Å²) in [4.78, 5) is 36.2. The Kier molecular flexibility index (Phi) is 11.7. The van der Waals surface area contributed by atoms with E-state index in [9.17, 15) is 14.4 Å². The van der Waals surface area contributed by atoms with Gasteiger partial charge in [0.1, 0.15) is 0 Å². The number of nitrogens with two attached hydrogens (primary N) is 1. The van der Waals surface area contributed by atoms with E-state index in [1.165, 1.54) is 6.42 Å². The molecule has 3 amide bonds. The largest absolute Gasteiger partial charge is 0.358 e. The maximum absolute atomic E-state index is 12.5. The maximum Gasteiger partial charge on any atom is 0.239 e. The van der Waals surface area contributed by atoms with Crippen molar-refractivity contribution in [2.45, 2.75) is 76.4 Å². The number of amides is 3. The lowest BCUT2D eigenvalue weighted by Gasteiger charge is -2.38. The van der Waals surface area contributed by atoms with Crippen LogP contribution in [0.5, 0.6) is 0 Å². The predicted octanol–water partition coefficient (Wildman–Crippen LogP) is 0.361. The zero-order chi connectivity index (χ0) is 20.9. The molecule has 8 nitrogen and oxygen atoms in total. The Morgan fingerprint density at radius 2 is 1.79 bits per heavy atom. The van der Waals surface area contributed by atoms with Crippen LogP contribution < -0.4 is 21.7 Å². The van der Waals surface area contributed by atoms with Gasteiger partial charge in [-0.05, 0) is 64.5 Å². The fourth-order valence-corrected chi connectivity index (χ4v) is 3.56. The minimum absolute atomic E-state index is 0.0436. The van der Waals surface area contributed by atoms with E-state index in [-0.39, 0.29) is 23.8 Å². The SMILES string of the molecule is CCNC.CN(C(=O)[C@@H](N)C1CCC(NC(=O)CCNC=O)CC1)C1CCC1. The zero-order valence-corrected chi connectivity index (χ0v) is 17.7. The van der Waals surface area contributed by atoms with Gasteiger partial charge in [-0.15, -0.1) is 0 Å². The smallest absolute Gasteiger partial charge is 0.239 e. The van der Waals surface area contributed by atoms with Gasteiger partial charge in [-0.2, -0.15) is 0 Å². The Morgan fingerprint density at radius 3 is 2.25 bits per heavy atom. The van der Waals surface area contributed by atoms with Crippen molar-refractivity contribution >= 4 is 18.2 Å². The molecule has 2 fully saturated rings.